The second-order valence-corrected chi connectivity index (χ2v) is 7.26. The van der Waals surface area contributed by atoms with E-state index in [9.17, 15) is 8.78 Å². The lowest BCUT2D eigenvalue weighted by Gasteiger charge is -2.38. The molecule has 1 aromatic rings. The van der Waals surface area contributed by atoms with E-state index in [4.69, 9.17) is 9.47 Å². The fourth-order valence-corrected chi connectivity index (χ4v) is 4.38. The number of halogens is 2. The van der Waals surface area contributed by atoms with Crippen molar-refractivity contribution in [1.29, 1.82) is 0 Å². The van der Waals surface area contributed by atoms with E-state index in [1.165, 1.54) is 6.07 Å². The smallest absolute Gasteiger partial charge is 0.164 e. The number of fused-ring (bicyclic) bond motifs is 2. The van der Waals surface area contributed by atoms with E-state index < -0.39 is 11.6 Å². The van der Waals surface area contributed by atoms with Crippen LogP contribution in [-0.4, -0.2) is 17.3 Å². The van der Waals surface area contributed by atoms with Crippen LogP contribution in [0.2, 0.25) is 0 Å². The maximum Gasteiger partial charge on any atom is 0.164 e. The third kappa shape index (κ3) is 2.19. The van der Waals surface area contributed by atoms with Crippen LogP contribution in [0.1, 0.15) is 46.1 Å². The van der Waals surface area contributed by atoms with Crippen LogP contribution in [0.4, 0.5) is 8.78 Å². The first-order valence-corrected chi connectivity index (χ1v) is 8.05. The van der Waals surface area contributed by atoms with Crippen molar-refractivity contribution >= 4 is 0 Å². The van der Waals surface area contributed by atoms with Gasteiger partial charge in [0.15, 0.2) is 11.6 Å². The van der Waals surface area contributed by atoms with Crippen LogP contribution in [0, 0.1) is 23.5 Å². The average Bonchev–Trinajstić information content (AvgIpc) is 2.92. The fourth-order valence-electron chi connectivity index (χ4n) is 4.38. The number of hydrogen-bond donors (Lipinski definition) is 0. The quantitative estimate of drug-likeness (QED) is 0.817. The molecule has 22 heavy (non-hydrogen) atoms. The van der Waals surface area contributed by atoms with E-state index in [0.717, 1.165) is 18.9 Å². The Balaban J connectivity index is 1.77. The highest BCUT2D eigenvalue weighted by molar-refractivity contribution is 5.19. The molecule has 122 valence electrons. The van der Waals surface area contributed by atoms with Crippen molar-refractivity contribution in [2.75, 3.05) is 0 Å². The predicted molar refractivity (Wildman–Crippen MR) is 80.4 cm³/mol. The standard InChI is InChI=1S/C18H24F2O2/c1-11(2)18-9-8-17(4,22-18)16(12(18)3)21-10-13-6-5-7-14(19)15(13)20/h5-7,11-12,16H,8-10H2,1-4H3/t12?,16-,17+,18+/m1/s1. The summed E-state index contributed by atoms with van der Waals surface area (Å²) >= 11 is 0. The molecule has 0 amide bonds. The summed E-state index contributed by atoms with van der Waals surface area (Å²) in [5.74, 6) is -1.00. The first kappa shape index (κ1) is 15.9. The van der Waals surface area contributed by atoms with Crippen LogP contribution in [-0.2, 0) is 16.1 Å². The van der Waals surface area contributed by atoms with Crippen molar-refractivity contribution in [2.45, 2.75) is 64.4 Å². The molecule has 2 bridgehead atoms. The van der Waals surface area contributed by atoms with E-state index in [-0.39, 0.29) is 35.4 Å². The zero-order valence-electron chi connectivity index (χ0n) is 13.7. The number of rotatable bonds is 4. The second kappa shape index (κ2) is 5.27. The van der Waals surface area contributed by atoms with Gasteiger partial charge in [-0.25, -0.2) is 8.78 Å². The molecule has 2 aliphatic heterocycles. The van der Waals surface area contributed by atoms with Crippen molar-refractivity contribution in [1.82, 2.24) is 0 Å². The highest BCUT2D eigenvalue weighted by atomic mass is 19.2. The number of hydrogen-bond acceptors (Lipinski definition) is 2. The molecule has 0 N–H and O–H groups in total. The van der Waals surface area contributed by atoms with Gasteiger partial charge in [0.25, 0.3) is 0 Å². The van der Waals surface area contributed by atoms with Gasteiger partial charge >= 0.3 is 0 Å². The number of benzene rings is 1. The lowest BCUT2D eigenvalue weighted by atomic mass is 9.69. The summed E-state index contributed by atoms with van der Waals surface area (Å²) in [7, 11) is 0. The first-order valence-electron chi connectivity index (χ1n) is 8.05. The third-order valence-electron chi connectivity index (χ3n) is 5.69. The summed E-state index contributed by atoms with van der Waals surface area (Å²) in [6.45, 7) is 8.66. The summed E-state index contributed by atoms with van der Waals surface area (Å²) in [4.78, 5) is 0. The zero-order valence-corrected chi connectivity index (χ0v) is 13.7. The Kier molecular flexibility index (Phi) is 3.81. The van der Waals surface area contributed by atoms with Gasteiger partial charge in [-0.2, -0.15) is 0 Å². The highest BCUT2D eigenvalue weighted by Crippen LogP contribution is 2.58. The molecule has 2 fully saturated rings. The lowest BCUT2D eigenvalue weighted by Crippen LogP contribution is -2.46. The number of ether oxygens (including phenoxy) is 2. The molecule has 4 heteroatoms. The molecule has 0 radical (unpaired) electrons. The molecule has 1 unspecified atom stereocenters. The van der Waals surface area contributed by atoms with Gasteiger partial charge in [0.1, 0.15) is 0 Å². The SMILES string of the molecule is CC(C)[C@]12CC[C@](C)(O1)[C@H](OCc1cccc(F)c1F)C2C. The summed E-state index contributed by atoms with van der Waals surface area (Å²) in [6, 6.07) is 4.20. The van der Waals surface area contributed by atoms with E-state index >= 15 is 0 Å². The van der Waals surface area contributed by atoms with Crippen molar-refractivity contribution in [3.63, 3.8) is 0 Å². The van der Waals surface area contributed by atoms with Gasteiger partial charge in [0.2, 0.25) is 0 Å². The Morgan fingerprint density at radius 3 is 2.68 bits per heavy atom. The first-order chi connectivity index (χ1) is 10.3. The molecule has 4 atom stereocenters. The van der Waals surface area contributed by atoms with Crippen LogP contribution in [0.5, 0.6) is 0 Å². The second-order valence-electron chi connectivity index (χ2n) is 7.26. The van der Waals surface area contributed by atoms with Crippen molar-refractivity contribution in [3.8, 4) is 0 Å². The van der Waals surface area contributed by atoms with Gasteiger partial charge in [-0.1, -0.05) is 32.9 Å². The molecular formula is C18H24F2O2. The molecular weight excluding hydrogens is 286 g/mol. The van der Waals surface area contributed by atoms with Gasteiger partial charge in [-0.05, 0) is 31.7 Å². The van der Waals surface area contributed by atoms with Crippen LogP contribution in [0.25, 0.3) is 0 Å². The van der Waals surface area contributed by atoms with Gasteiger partial charge < -0.3 is 9.47 Å². The summed E-state index contributed by atoms with van der Waals surface area (Å²) in [5, 5.41) is 0. The van der Waals surface area contributed by atoms with Gasteiger partial charge in [-0.15, -0.1) is 0 Å². The molecule has 2 nitrogen and oxygen atoms in total. The minimum Gasteiger partial charge on any atom is -0.370 e. The van der Waals surface area contributed by atoms with Crippen LogP contribution >= 0.6 is 0 Å². The summed E-state index contributed by atoms with van der Waals surface area (Å²) in [5.41, 5.74) is -0.218. The Bertz CT molecular complexity index is 574. The minimum absolute atomic E-state index is 0.0751. The maximum atomic E-state index is 13.8. The Morgan fingerprint density at radius 2 is 2.05 bits per heavy atom. The largest absolute Gasteiger partial charge is 0.370 e. The van der Waals surface area contributed by atoms with Gasteiger partial charge in [-0.3, -0.25) is 0 Å². The molecule has 0 spiro atoms. The molecule has 0 aliphatic carbocycles. The molecule has 2 saturated heterocycles. The zero-order chi connectivity index (χ0) is 16.1. The van der Waals surface area contributed by atoms with Crippen molar-refractivity contribution < 1.29 is 18.3 Å². The van der Waals surface area contributed by atoms with Crippen LogP contribution < -0.4 is 0 Å². The molecule has 0 saturated carbocycles. The topological polar surface area (TPSA) is 18.5 Å². The van der Waals surface area contributed by atoms with E-state index in [0.29, 0.717) is 5.92 Å². The summed E-state index contributed by atoms with van der Waals surface area (Å²) < 4.78 is 39.5. The highest BCUT2D eigenvalue weighted by Gasteiger charge is 2.65. The normalized spacial score (nSPS) is 37.2. The van der Waals surface area contributed by atoms with E-state index in [2.05, 4.69) is 27.7 Å². The minimum atomic E-state index is -0.830. The van der Waals surface area contributed by atoms with Crippen molar-refractivity contribution in [3.05, 3.63) is 35.4 Å². The Hall–Kier alpha value is -1.00. The van der Waals surface area contributed by atoms with E-state index in [1.807, 2.05) is 0 Å². The molecule has 2 aliphatic rings. The van der Waals surface area contributed by atoms with E-state index in [1.54, 1.807) is 6.07 Å². The van der Waals surface area contributed by atoms with Crippen molar-refractivity contribution in [2.24, 2.45) is 11.8 Å². The molecule has 2 heterocycles. The van der Waals surface area contributed by atoms with Crippen LogP contribution in [0.15, 0.2) is 18.2 Å². The lowest BCUT2D eigenvalue weighted by molar-refractivity contribution is -0.0963. The third-order valence-corrected chi connectivity index (χ3v) is 5.69. The van der Waals surface area contributed by atoms with Gasteiger partial charge in [0.05, 0.1) is 23.9 Å². The molecule has 3 rings (SSSR count). The van der Waals surface area contributed by atoms with Gasteiger partial charge in [0, 0.05) is 11.5 Å². The predicted octanol–water partition coefficient (Wildman–Crippen LogP) is 4.46. The Labute approximate surface area is 130 Å². The Morgan fingerprint density at radius 1 is 1.32 bits per heavy atom. The fraction of sp³-hybridized carbons (Fsp3) is 0.667. The monoisotopic (exact) mass is 310 g/mol. The maximum absolute atomic E-state index is 13.8. The van der Waals surface area contributed by atoms with Crippen LogP contribution in [0.3, 0.4) is 0 Å². The summed E-state index contributed by atoms with van der Waals surface area (Å²) in [6.07, 6.45) is 1.90. The average molecular weight is 310 g/mol. The molecule has 1 aromatic carbocycles. The molecule has 0 aromatic heterocycles.